The van der Waals surface area contributed by atoms with E-state index in [9.17, 15) is 4.79 Å². The lowest BCUT2D eigenvalue weighted by atomic mass is 10.2. The van der Waals surface area contributed by atoms with Crippen molar-refractivity contribution in [2.75, 3.05) is 26.2 Å². The van der Waals surface area contributed by atoms with Crippen LogP contribution in [0.25, 0.3) is 0 Å². The van der Waals surface area contributed by atoms with Crippen molar-refractivity contribution in [2.24, 2.45) is 0 Å². The molecule has 2 heterocycles. The van der Waals surface area contributed by atoms with Crippen molar-refractivity contribution in [3.8, 4) is 0 Å². The van der Waals surface area contributed by atoms with E-state index >= 15 is 0 Å². The molecular formula is C14H21N3O2. The summed E-state index contributed by atoms with van der Waals surface area (Å²) in [4.78, 5) is 17.8. The van der Waals surface area contributed by atoms with Gasteiger partial charge in [0, 0.05) is 38.6 Å². The van der Waals surface area contributed by atoms with Gasteiger partial charge in [-0.05, 0) is 37.5 Å². The zero-order valence-corrected chi connectivity index (χ0v) is 11.3. The Labute approximate surface area is 114 Å². The number of ether oxygens (including phenoxy) is 1. The van der Waals surface area contributed by atoms with Crippen molar-refractivity contribution in [1.82, 2.24) is 15.2 Å². The van der Waals surface area contributed by atoms with Crippen LogP contribution in [0, 0.1) is 0 Å². The summed E-state index contributed by atoms with van der Waals surface area (Å²) in [5.41, 5.74) is 1.18. The zero-order valence-electron chi connectivity index (χ0n) is 11.3. The summed E-state index contributed by atoms with van der Waals surface area (Å²) in [5, 5.41) is 2.96. The molecular weight excluding hydrogens is 242 g/mol. The Kier molecular flexibility index (Phi) is 5.15. The summed E-state index contributed by atoms with van der Waals surface area (Å²) in [6.45, 7) is 4.83. The predicted molar refractivity (Wildman–Crippen MR) is 72.9 cm³/mol. The first-order valence-electron chi connectivity index (χ1n) is 6.79. The molecule has 1 N–H and O–H groups in total. The number of hydrogen-bond acceptors (Lipinski definition) is 3. The highest BCUT2D eigenvalue weighted by atomic mass is 16.5. The van der Waals surface area contributed by atoms with Gasteiger partial charge in [-0.15, -0.1) is 0 Å². The Morgan fingerprint density at radius 3 is 3.11 bits per heavy atom. The highest BCUT2D eigenvalue weighted by Gasteiger charge is 2.19. The van der Waals surface area contributed by atoms with Gasteiger partial charge >= 0.3 is 6.03 Å². The second kappa shape index (κ2) is 7.09. The molecule has 1 atom stereocenters. The van der Waals surface area contributed by atoms with Crippen LogP contribution in [0.2, 0.25) is 0 Å². The molecule has 1 aliphatic heterocycles. The summed E-state index contributed by atoms with van der Waals surface area (Å²) in [6, 6.07) is 3.94. The van der Waals surface area contributed by atoms with E-state index in [0.717, 1.165) is 26.0 Å². The number of nitrogens with zero attached hydrogens (tertiary/aromatic N) is 2. The topological polar surface area (TPSA) is 54.5 Å². The van der Waals surface area contributed by atoms with Crippen LogP contribution in [0.3, 0.4) is 0 Å². The van der Waals surface area contributed by atoms with Crippen LogP contribution in [0.1, 0.15) is 18.9 Å². The van der Waals surface area contributed by atoms with Crippen molar-refractivity contribution in [2.45, 2.75) is 25.9 Å². The van der Waals surface area contributed by atoms with E-state index in [1.807, 2.05) is 24.0 Å². The normalized spacial score (nSPS) is 19.8. The van der Waals surface area contributed by atoms with Gasteiger partial charge < -0.3 is 15.0 Å². The Balaban J connectivity index is 1.74. The molecule has 0 aromatic carbocycles. The molecule has 0 radical (unpaired) electrons. The number of rotatable bonds is 3. The zero-order chi connectivity index (χ0) is 13.5. The molecule has 2 rings (SSSR count). The summed E-state index contributed by atoms with van der Waals surface area (Å²) in [5.74, 6) is 0. The molecule has 5 heteroatoms. The molecule has 0 saturated carbocycles. The number of urea groups is 1. The van der Waals surface area contributed by atoms with Crippen LogP contribution in [0.5, 0.6) is 0 Å². The number of carbonyl (C=O) groups excluding carboxylic acids is 1. The molecule has 5 nitrogen and oxygen atoms in total. The van der Waals surface area contributed by atoms with Crippen LogP contribution in [-0.4, -0.2) is 48.3 Å². The van der Waals surface area contributed by atoms with Gasteiger partial charge in [-0.1, -0.05) is 0 Å². The minimum Gasteiger partial charge on any atom is -0.377 e. The molecule has 2 amide bonds. The summed E-state index contributed by atoms with van der Waals surface area (Å²) in [7, 11) is 0. The molecule has 1 fully saturated rings. The Morgan fingerprint density at radius 1 is 1.53 bits per heavy atom. The van der Waals surface area contributed by atoms with E-state index < -0.39 is 0 Å². The van der Waals surface area contributed by atoms with Crippen LogP contribution in [-0.2, 0) is 11.2 Å². The maximum Gasteiger partial charge on any atom is 0.317 e. The Morgan fingerprint density at radius 2 is 2.32 bits per heavy atom. The summed E-state index contributed by atoms with van der Waals surface area (Å²) >= 11 is 0. The number of carbonyl (C=O) groups is 1. The van der Waals surface area contributed by atoms with E-state index in [4.69, 9.17) is 4.74 Å². The molecule has 1 aromatic heterocycles. The molecule has 1 saturated heterocycles. The van der Waals surface area contributed by atoms with E-state index in [-0.39, 0.29) is 12.1 Å². The average Bonchev–Trinajstić information content (AvgIpc) is 2.64. The number of pyridine rings is 1. The van der Waals surface area contributed by atoms with Crippen molar-refractivity contribution >= 4 is 6.03 Å². The van der Waals surface area contributed by atoms with Crippen LogP contribution in [0.15, 0.2) is 24.5 Å². The molecule has 0 spiro atoms. The van der Waals surface area contributed by atoms with E-state index in [1.54, 1.807) is 12.4 Å². The van der Waals surface area contributed by atoms with Gasteiger partial charge in [0.15, 0.2) is 0 Å². The average molecular weight is 263 g/mol. The first kappa shape index (κ1) is 13.8. The van der Waals surface area contributed by atoms with Crippen molar-refractivity contribution in [3.05, 3.63) is 30.1 Å². The maximum absolute atomic E-state index is 12.0. The third kappa shape index (κ3) is 4.52. The molecule has 19 heavy (non-hydrogen) atoms. The standard InChI is InChI=1S/C14H21N3O2/c1-12-11-17(9-2-10-19-12)14(18)16-8-5-13-3-6-15-7-4-13/h3-4,6-7,12H,2,5,8-11H2,1H3,(H,16,18). The van der Waals surface area contributed by atoms with Gasteiger partial charge in [-0.25, -0.2) is 4.79 Å². The lowest BCUT2D eigenvalue weighted by Gasteiger charge is -2.22. The predicted octanol–water partition coefficient (Wildman–Crippen LogP) is 1.44. The van der Waals surface area contributed by atoms with Crippen LogP contribution < -0.4 is 5.32 Å². The fraction of sp³-hybridized carbons (Fsp3) is 0.571. The van der Waals surface area contributed by atoms with Gasteiger partial charge in [0.25, 0.3) is 0 Å². The second-order valence-electron chi connectivity index (χ2n) is 4.82. The number of amides is 2. The van der Waals surface area contributed by atoms with Crippen molar-refractivity contribution in [3.63, 3.8) is 0 Å². The number of nitrogens with one attached hydrogen (secondary N) is 1. The lowest BCUT2D eigenvalue weighted by molar-refractivity contribution is 0.0711. The van der Waals surface area contributed by atoms with E-state index in [0.29, 0.717) is 13.1 Å². The van der Waals surface area contributed by atoms with Gasteiger partial charge in [-0.3, -0.25) is 4.98 Å². The smallest absolute Gasteiger partial charge is 0.317 e. The third-order valence-corrected chi connectivity index (χ3v) is 3.18. The second-order valence-corrected chi connectivity index (χ2v) is 4.82. The number of hydrogen-bond donors (Lipinski definition) is 1. The minimum absolute atomic E-state index is 0.00593. The fourth-order valence-corrected chi connectivity index (χ4v) is 2.15. The summed E-state index contributed by atoms with van der Waals surface area (Å²) < 4.78 is 5.53. The molecule has 0 bridgehead atoms. The number of aromatic nitrogens is 1. The van der Waals surface area contributed by atoms with E-state index in [2.05, 4.69) is 10.3 Å². The SMILES string of the molecule is CC1CN(C(=O)NCCc2ccncc2)CCCO1. The Hall–Kier alpha value is -1.62. The quantitative estimate of drug-likeness (QED) is 0.898. The highest BCUT2D eigenvalue weighted by Crippen LogP contribution is 2.05. The Bertz CT molecular complexity index is 397. The van der Waals surface area contributed by atoms with E-state index in [1.165, 1.54) is 5.56 Å². The molecule has 1 unspecified atom stereocenters. The lowest BCUT2D eigenvalue weighted by Crippen LogP contribution is -2.43. The van der Waals surface area contributed by atoms with Gasteiger partial charge in [-0.2, -0.15) is 0 Å². The highest BCUT2D eigenvalue weighted by molar-refractivity contribution is 5.74. The first-order chi connectivity index (χ1) is 9.25. The molecule has 0 aliphatic carbocycles. The fourth-order valence-electron chi connectivity index (χ4n) is 2.15. The van der Waals surface area contributed by atoms with Gasteiger partial charge in [0.05, 0.1) is 6.10 Å². The van der Waals surface area contributed by atoms with Crippen LogP contribution >= 0.6 is 0 Å². The first-order valence-corrected chi connectivity index (χ1v) is 6.79. The van der Waals surface area contributed by atoms with Crippen LogP contribution in [0.4, 0.5) is 4.79 Å². The van der Waals surface area contributed by atoms with Crippen molar-refractivity contribution in [1.29, 1.82) is 0 Å². The maximum atomic E-state index is 12.0. The molecule has 1 aromatic rings. The minimum atomic E-state index is 0.00593. The monoisotopic (exact) mass is 263 g/mol. The summed E-state index contributed by atoms with van der Waals surface area (Å²) in [6.07, 6.45) is 5.39. The third-order valence-electron chi connectivity index (χ3n) is 3.18. The van der Waals surface area contributed by atoms with Gasteiger partial charge in [0.2, 0.25) is 0 Å². The largest absolute Gasteiger partial charge is 0.377 e. The van der Waals surface area contributed by atoms with Gasteiger partial charge in [0.1, 0.15) is 0 Å². The molecule has 104 valence electrons. The molecule has 1 aliphatic rings. The van der Waals surface area contributed by atoms with Crippen molar-refractivity contribution < 1.29 is 9.53 Å².